The number of nitrogens with one attached hydrogen (secondary N) is 3. The second-order valence-electron chi connectivity index (χ2n) is 5.94. The van der Waals surface area contributed by atoms with Crippen molar-refractivity contribution in [3.63, 3.8) is 0 Å². The molecule has 3 N–H and O–H groups in total. The highest BCUT2D eigenvalue weighted by Crippen LogP contribution is 2.12. The summed E-state index contributed by atoms with van der Waals surface area (Å²) in [5, 5.41) is 4.49. The summed E-state index contributed by atoms with van der Waals surface area (Å²) in [6.07, 6.45) is 1.31. The highest BCUT2D eigenvalue weighted by atomic mass is 19.1. The van der Waals surface area contributed by atoms with Crippen LogP contribution in [-0.4, -0.2) is 44.1 Å². The first-order chi connectivity index (χ1) is 12.0. The number of amides is 3. The van der Waals surface area contributed by atoms with Gasteiger partial charge in [-0.05, 0) is 19.1 Å². The number of anilines is 1. The summed E-state index contributed by atoms with van der Waals surface area (Å²) in [6.45, 7) is 3.58. The molecule has 0 aromatic heterocycles. The Kier molecular flexibility index (Phi) is 6.88. The lowest BCUT2D eigenvalue weighted by Gasteiger charge is -2.27. The molecular formula is C17H23FN3O4+. The number of para-hydroxylation sites is 1. The van der Waals surface area contributed by atoms with Gasteiger partial charge in [0.2, 0.25) is 0 Å². The van der Waals surface area contributed by atoms with Crippen molar-refractivity contribution in [1.29, 1.82) is 0 Å². The predicted molar refractivity (Wildman–Crippen MR) is 88.5 cm³/mol. The normalized spacial score (nSPS) is 19.8. The first-order valence-corrected chi connectivity index (χ1v) is 8.35. The smallest absolute Gasteiger partial charge is 0.326 e. The van der Waals surface area contributed by atoms with Crippen molar-refractivity contribution < 1.29 is 28.4 Å². The first-order valence-electron chi connectivity index (χ1n) is 8.35. The Morgan fingerprint density at radius 3 is 2.56 bits per heavy atom. The number of esters is 1. The van der Waals surface area contributed by atoms with Crippen LogP contribution in [0.25, 0.3) is 0 Å². The van der Waals surface area contributed by atoms with E-state index in [2.05, 4.69) is 10.6 Å². The molecule has 1 aliphatic rings. The molecule has 8 heteroatoms. The van der Waals surface area contributed by atoms with E-state index in [1.165, 1.54) is 18.2 Å². The average molecular weight is 352 g/mol. The minimum absolute atomic E-state index is 0.00963. The molecule has 1 aromatic rings. The van der Waals surface area contributed by atoms with Gasteiger partial charge in [0, 0.05) is 12.8 Å². The van der Waals surface area contributed by atoms with Gasteiger partial charge >= 0.3 is 12.0 Å². The average Bonchev–Trinajstić information content (AvgIpc) is 2.57. The van der Waals surface area contributed by atoms with Crippen molar-refractivity contribution in [2.45, 2.75) is 19.8 Å². The van der Waals surface area contributed by atoms with Gasteiger partial charge in [-0.2, -0.15) is 0 Å². The number of hydrogen-bond donors (Lipinski definition) is 3. The highest BCUT2D eigenvalue weighted by Gasteiger charge is 2.29. The Hall–Kier alpha value is -2.48. The SMILES string of the molecule is CCOC(=O)C1CC[NH+](CC(=O)NC(=O)Nc2ccccc2F)CC1. The maximum absolute atomic E-state index is 13.4. The summed E-state index contributed by atoms with van der Waals surface area (Å²) in [5.41, 5.74) is 0.00963. The maximum atomic E-state index is 13.4. The van der Waals surface area contributed by atoms with Crippen molar-refractivity contribution in [1.82, 2.24) is 5.32 Å². The molecule has 0 atom stereocenters. The number of hydrogen-bond acceptors (Lipinski definition) is 4. The lowest BCUT2D eigenvalue weighted by atomic mass is 9.97. The Morgan fingerprint density at radius 2 is 1.92 bits per heavy atom. The molecule has 0 spiro atoms. The van der Waals surface area contributed by atoms with E-state index in [0.717, 1.165) is 4.90 Å². The van der Waals surface area contributed by atoms with Gasteiger partial charge in [-0.25, -0.2) is 9.18 Å². The van der Waals surface area contributed by atoms with Gasteiger partial charge in [-0.15, -0.1) is 0 Å². The molecule has 1 fully saturated rings. The molecule has 1 aliphatic heterocycles. The van der Waals surface area contributed by atoms with Gasteiger partial charge in [0.05, 0.1) is 31.3 Å². The summed E-state index contributed by atoms with van der Waals surface area (Å²) in [6, 6.07) is 4.95. The molecule has 7 nitrogen and oxygen atoms in total. The number of ether oxygens (including phenoxy) is 1. The Balaban J connectivity index is 1.73. The number of imide groups is 1. The van der Waals surface area contributed by atoms with Crippen molar-refractivity contribution in [2.24, 2.45) is 5.92 Å². The van der Waals surface area contributed by atoms with Crippen LogP contribution in [0.3, 0.4) is 0 Å². The number of urea groups is 1. The van der Waals surface area contributed by atoms with E-state index in [-0.39, 0.29) is 24.1 Å². The third kappa shape index (κ3) is 5.82. The van der Waals surface area contributed by atoms with E-state index in [0.29, 0.717) is 32.5 Å². The summed E-state index contributed by atoms with van der Waals surface area (Å²) < 4.78 is 18.5. The van der Waals surface area contributed by atoms with Crippen molar-refractivity contribution in [2.75, 3.05) is 31.6 Å². The Bertz CT molecular complexity index is 630. The third-order valence-corrected chi connectivity index (χ3v) is 4.10. The quantitative estimate of drug-likeness (QED) is 0.667. The van der Waals surface area contributed by atoms with Crippen LogP contribution >= 0.6 is 0 Å². The second-order valence-corrected chi connectivity index (χ2v) is 5.94. The first kappa shape index (κ1) is 18.9. The number of rotatable bonds is 5. The van der Waals surface area contributed by atoms with E-state index in [9.17, 15) is 18.8 Å². The minimum Gasteiger partial charge on any atom is -0.466 e. The van der Waals surface area contributed by atoms with Crippen molar-refractivity contribution >= 4 is 23.6 Å². The Morgan fingerprint density at radius 1 is 1.24 bits per heavy atom. The summed E-state index contributed by atoms with van der Waals surface area (Å²) >= 11 is 0. The van der Waals surface area contributed by atoms with Gasteiger partial charge in [0.15, 0.2) is 6.54 Å². The van der Waals surface area contributed by atoms with Crippen LogP contribution in [0.4, 0.5) is 14.9 Å². The van der Waals surface area contributed by atoms with Gasteiger partial charge in [-0.1, -0.05) is 12.1 Å². The molecule has 3 amide bonds. The topological polar surface area (TPSA) is 88.9 Å². The van der Waals surface area contributed by atoms with Gasteiger partial charge in [0.25, 0.3) is 5.91 Å². The van der Waals surface area contributed by atoms with E-state index in [1.807, 2.05) is 0 Å². The zero-order valence-electron chi connectivity index (χ0n) is 14.1. The number of carbonyl (C=O) groups excluding carboxylic acids is 3. The number of halogens is 1. The van der Waals surface area contributed by atoms with E-state index in [1.54, 1.807) is 13.0 Å². The van der Waals surface area contributed by atoms with Gasteiger partial charge in [0.1, 0.15) is 5.82 Å². The molecule has 2 rings (SSSR count). The lowest BCUT2D eigenvalue weighted by Crippen LogP contribution is -3.14. The molecule has 1 aromatic carbocycles. The summed E-state index contributed by atoms with van der Waals surface area (Å²) in [7, 11) is 0. The van der Waals surface area contributed by atoms with Crippen LogP contribution in [0.15, 0.2) is 24.3 Å². The molecule has 1 saturated heterocycles. The molecule has 136 valence electrons. The summed E-state index contributed by atoms with van der Waals surface area (Å²) in [5.74, 6) is -1.32. The number of piperidine rings is 1. The zero-order chi connectivity index (χ0) is 18.2. The standard InChI is InChI=1S/C17H22FN3O4/c1-2-25-16(23)12-7-9-21(10-8-12)11-15(22)20-17(24)19-14-6-4-3-5-13(14)18/h3-6,12H,2,7-11H2,1H3,(H2,19,20,22,24)/p+1. The fourth-order valence-corrected chi connectivity index (χ4v) is 2.81. The molecule has 0 bridgehead atoms. The maximum Gasteiger partial charge on any atom is 0.326 e. The van der Waals surface area contributed by atoms with Crippen LogP contribution in [0.5, 0.6) is 0 Å². The number of likely N-dealkylation sites (tertiary alicyclic amines) is 1. The van der Waals surface area contributed by atoms with Crippen molar-refractivity contribution in [3.05, 3.63) is 30.1 Å². The largest absolute Gasteiger partial charge is 0.466 e. The van der Waals surface area contributed by atoms with Gasteiger partial charge in [-0.3, -0.25) is 14.9 Å². The number of benzene rings is 1. The molecule has 0 aliphatic carbocycles. The molecule has 0 unspecified atom stereocenters. The monoisotopic (exact) mass is 352 g/mol. The fourth-order valence-electron chi connectivity index (χ4n) is 2.81. The summed E-state index contributed by atoms with van der Waals surface area (Å²) in [4.78, 5) is 36.4. The lowest BCUT2D eigenvalue weighted by molar-refractivity contribution is -0.897. The Labute approximate surface area is 145 Å². The van der Waals surface area contributed by atoms with Crippen LogP contribution in [0.1, 0.15) is 19.8 Å². The van der Waals surface area contributed by atoms with E-state index >= 15 is 0 Å². The predicted octanol–water partition coefficient (Wildman–Crippen LogP) is 0.332. The van der Waals surface area contributed by atoms with Crippen LogP contribution < -0.4 is 15.5 Å². The highest BCUT2D eigenvalue weighted by molar-refractivity contribution is 6.01. The molecular weight excluding hydrogens is 329 g/mol. The van der Waals surface area contributed by atoms with E-state index < -0.39 is 17.8 Å². The zero-order valence-corrected chi connectivity index (χ0v) is 14.1. The minimum atomic E-state index is -0.768. The molecule has 0 saturated carbocycles. The number of quaternary nitrogens is 1. The van der Waals surface area contributed by atoms with Crippen LogP contribution in [0.2, 0.25) is 0 Å². The third-order valence-electron chi connectivity index (χ3n) is 4.10. The van der Waals surface area contributed by atoms with Crippen molar-refractivity contribution in [3.8, 4) is 0 Å². The second kappa shape index (κ2) is 9.12. The van der Waals surface area contributed by atoms with Gasteiger partial charge < -0.3 is 15.0 Å². The van der Waals surface area contributed by atoms with E-state index in [4.69, 9.17) is 4.74 Å². The van der Waals surface area contributed by atoms with Crippen LogP contribution in [-0.2, 0) is 14.3 Å². The number of carbonyl (C=O) groups is 3. The fraction of sp³-hybridized carbons (Fsp3) is 0.471. The molecule has 1 heterocycles. The molecule has 0 radical (unpaired) electrons. The molecule has 25 heavy (non-hydrogen) atoms. The van der Waals surface area contributed by atoms with Crippen LogP contribution in [0, 0.1) is 11.7 Å².